The Morgan fingerprint density at radius 1 is 1.10 bits per heavy atom. The third kappa shape index (κ3) is 3.98. The van der Waals surface area contributed by atoms with Crippen LogP contribution in [0.1, 0.15) is 20.8 Å². The Kier molecular flexibility index (Phi) is 4.98. The Balaban J connectivity index is 0.000000147. The number of hydrogen-bond donors (Lipinski definition) is 1. The smallest absolute Gasteiger partial charge is 0.248 e. The van der Waals surface area contributed by atoms with Crippen molar-refractivity contribution in [2.24, 2.45) is 5.73 Å². The van der Waals surface area contributed by atoms with Gasteiger partial charge in [0, 0.05) is 15.5 Å². The van der Waals surface area contributed by atoms with Gasteiger partial charge in [0.25, 0.3) is 0 Å². The van der Waals surface area contributed by atoms with Gasteiger partial charge in [-0.3, -0.25) is 4.79 Å². The predicted octanol–water partition coefficient (Wildman–Crippen LogP) is 4.16. The Morgan fingerprint density at radius 3 is 2.50 bits per heavy atom. The molecule has 1 aliphatic rings. The van der Waals surface area contributed by atoms with Crippen molar-refractivity contribution in [3.05, 3.63) is 69.3 Å². The molecule has 2 aromatic rings. The molecule has 0 saturated carbocycles. The zero-order valence-corrected chi connectivity index (χ0v) is 12.0. The first kappa shape index (κ1) is 14.4. The summed E-state index contributed by atoms with van der Waals surface area (Å²) in [4.78, 5) is 11.7. The molecule has 1 amide bonds. The molecule has 102 valence electrons. The topological polar surface area (TPSA) is 52.3 Å². The molecular weight excluding hydrogens is 294 g/mol. The Bertz CT molecular complexity index is 618. The molecule has 5 heteroatoms. The molecule has 0 radical (unpaired) electrons. The van der Waals surface area contributed by atoms with E-state index in [9.17, 15) is 4.79 Å². The number of nitrogens with two attached hydrogens (primary N) is 1. The van der Waals surface area contributed by atoms with Crippen LogP contribution in [0.4, 0.5) is 0 Å². The van der Waals surface area contributed by atoms with Crippen LogP contribution in [-0.4, -0.2) is 5.91 Å². The summed E-state index contributed by atoms with van der Waals surface area (Å²) in [6, 6.07) is 8.51. The number of carbonyl (C=O) groups excluding carboxylic acids is 1. The fraction of sp³-hybridized carbons (Fsp3) is 0. The molecule has 0 fully saturated rings. The highest BCUT2D eigenvalue weighted by molar-refractivity contribution is 7.11. The van der Waals surface area contributed by atoms with Crippen LogP contribution in [-0.2, 0) is 4.74 Å². The standard InChI is InChI=1S/C8H6OS.C7H6ClNO/c1-4-9-5-2-8-7(1)3-6-10-8;8-6-3-1-5(2-4-6)7(9)10/h1-6H;1-4H,(H2,9,10). The molecule has 3 rings (SSSR count). The van der Waals surface area contributed by atoms with Gasteiger partial charge >= 0.3 is 0 Å². The first-order chi connectivity index (χ1) is 9.66. The molecule has 0 atom stereocenters. The largest absolute Gasteiger partial charge is 0.473 e. The second-order valence-electron chi connectivity index (χ2n) is 3.85. The molecule has 0 aliphatic carbocycles. The molecule has 1 aromatic carbocycles. The lowest BCUT2D eigenvalue weighted by Gasteiger charge is -1.92. The fourth-order valence-electron chi connectivity index (χ4n) is 1.48. The third-order valence-electron chi connectivity index (χ3n) is 2.48. The van der Waals surface area contributed by atoms with Crippen LogP contribution in [0.3, 0.4) is 0 Å². The van der Waals surface area contributed by atoms with E-state index in [1.807, 2.05) is 12.2 Å². The predicted molar refractivity (Wildman–Crippen MR) is 83.4 cm³/mol. The average Bonchev–Trinajstić information content (AvgIpc) is 2.77. The lowest BCUT2D eigenvalue weighted by Crippen LogP contribution is -2.10. The maximum Gasteiger partial charge on any atom is 0.248 e. The van der Waals surface area contributed by atoms with Crippen molar-refractivity contribution in [3.63, 3.8) is 0 Å². The number of ether oxygens (including phenoxy) is 1. The molecule has 20 heavy (non-hydrogen) atoms. The quantitative estimate of drug-likeness (QED) is 0.860. The fourth-order valence-corrected chi connectivity index (χ4v) is 2.37. The number of halogens is 1. The summed E-state index contributed by atoms with van der Waals surface area (Å²) in [5, 5.41) is 2.68. The molecule has 0 unspecified atom stereocenters. The van der Waals surface area contributed by atoms with Crippen molar-refractivity contribution in [2.45, 2.75) is 0 Å². The molecule has 0 bridgehead atoms. The minimum atomic E-state index is -0.434. The molecule has 0 spiro atoms. The van der Waals surface area contributed by atoms with Crippen LogP contribution >= 0.6 is 22.9 Å². The molecule has 2 N–H and O–H groups in total. The van der Waals surface area contributed by atoms with Crippen molar-refractivity contribution < 1.29 is 9.53 Å². The van der Waals surface area contributed by atoms with E-state index in [2.05, 4.69) is 11.4 Å². The average molecular weight is 306 g/mol. The van der Waals surface area contributed by atoms with Crippen molar-refractivity contribution in [3.8, 4) is 0 Å². The monoisotopic (exact) mass is 305 g/mol. The number of amides is 1. The lowest BCUT2D eigenvalue weighted by atomic mass is 10.2. The maximum atomic E-state index is 10.5. The Labute approximate surface area is 125 Å². The Morgan fingerprint density at radius 2 is 1.80 bits per heavy atom. The van der Waals surface area contributed by atoms with Gasteiger partial charge in [-0.05, 0) is 53.4 Å². The van der Waals surface area contributed by atoms with Crippen LogP contribution in [0.2, 0.25) is 5.02 Å². The number of hydrogen-bond acceptors (Lipinski definition) is 3. The maximum absolute atomic E-state index is 10.5. The zero-order chi connectivity index (χ0) is 14.4. The molecular formula is C15H12ClNO2S. The number of fused-ring (bicyclic) bond motifs is 1. The van der Waals surface area contributed by atoms with E-state index in [-0.39, 0.29) is 0 Å². The highest BCUT2D eigenvalue weighted by atomic mass is 35.5. The summed E-state index contributed by atoms with van der Waals surface area (Å²) in [6.45, 7) is 0. The summed E-state index contributed by atoms with van der Waals surface area (Å²) < 4.78 is 4.98. The normalized spacial score (nSPS) is 11.7. The molecule has 3 nitrogen and oxygen atoms in total. The summed E-state index contributed by atoms with van der Waals surface area (Å²) in [5.41, 5.74) is 6.69. The lowest BCUT2D eigenvalue weighted by molar-refractivity contribution is 0.100. The van der Waals surface area contributed by atoms with Gasteiger partial charge in [0.05, 0.1) is 12.5 Å². The van der Waals surface area contributed by atoms with Crippen LogP contribution in [0.5, 0.6) is 0 Å². The van der Waals surface area contributed by atoms with E-state index >= 15 is 0 Å². The van der Waals surface area contributed by atoms with Gasteiger partial charge in [-0.25, -0.2) is 0 Å². The molecule has 1 aliphatic heterocycles. The summed E-state index contributed by atoms with van der Waals surface area (Å²) in [6.07, 6.45) is 7.32. The van der Waals surface area contributed by atoms with Crippen LogP contribution in [0.25, 0.3) is 12.2 Å². The number of rotatable bonds is 1. The highest BCUT2D eigenvalue weighted by Crippen LogP contribution is 2.21. The van der Waals surface area contributed by atoms with Crippen molar-refractivity contribution in [1.29, 1.82) is 0 Å². The van der Waals surface area contributed by atoms with Crippen LogP contribution in [0, 0.1) is 0 Å². The minimum Gasteiger partial charge on any atom is -0.473 e. The van der Waals surface area contributed by atoms with Gasteiger partial charge < -0.3 is 10.5 Å². The van der Waals surface area contributed by atoms with Gasteiger partial charge in [0.1, 0.15) is 0 Å². The van der Waals surface area contributed by atoms with Gasteiger partial charge in [-0.15, -0.1) is 11.3 Å². The Hall–Kier alpha value is -2.04. The summed E-state index contributed by atoms with van der Waals surface area (Å²) in [7, 11) is 0. The van der Waals surface area contributed by atoms with Crippen molar-refractivity contribution >= 4 is 41.0 Å². The first-order valence-electron chi connectivity index (χ1n) is 5.78. The van der Waals surface area contributed by atoms with Gasteiger partial charge in [0.15, 0.2) is 0 Å². The summed E-state index contributed by atoms with van der Waals surface area (Å²) in [5.74, 6) is -0.434. The second-order valence-corrected chi connectivity index (χ2v) is 5.24. The number of primary amides is 1. The molecule has 0 saturated heterocycles. The van der Waals surface area contributed by atoms with E-state index < -0.39 is 5.91 Å². The van der Waals surface area contributed by atoms with Gasteiger partial charge in [0.2, 0.25) is 5.91 Å². The molecule has 2 heterocycles. The SMILES string of the molecule is C1=Cc2ccsc2C=CO1.NC(=O)c1ccc(Cl)cc1. The molecule has 1 aromatic heterocycles. The van der Waals surface area contributed by atoms with Crippen molar-refractivity contribution in [2.75, 3.05) is 0 Å². The number of carbonyl (C=O) groups is 1. The third-order valence-corrected chi connectivity index (χ3v) is 3.63. The minimum absolute atomic E-state index is 0.434. The first-order valence-corrected chi connectivity index (χ1v) is 7.04. The van der Waals surface area contributed by atoms with E-state index in [1.165, 1.54) is 10.4 Å². The van der Waals surface area contributed by atoms with Crippen LogP contribution < -0.4 is 5.73 Å². The van der Waals surface area contributed by atoms with E-state index in [0.29, 0.717) is 10.6 Å². The van der Waals surface area contributed by atoms with E-state index in [0.717, 1.165) is 0 Å². The van der Waals surface area contributed by atoms with Crippen molar-refractivity contribution in [1.82, 2.24) is 0 Å². The van der Waals surface area contributed by atoms with E-state index in [1.54, 1.807) is 48.1 Å². The van der Waals surface area contributed by atoms with E-state index in [4.69, 9.17) is 22.1 Å². The van der Waals surface area contributed by atoms with Gasteiger partial charge in [-0.2, -0.15) is 0 Å². The van der Waals surface area contributed by atoms with Gasteiger partial charge in [-0.1, -0.05) is 11.6 Å². The van der Waals surface area contributed by atoms with Crippen LogP contribution in [0.15, 0.2) is 48.2 Å². The highest BCUT2D eigenvalue weighted by Gasteiger charge is 1.98. The second kappa shape index (κ2) is 6.93. The number of thiophene rings is 1. The summed E-state index contributed by atoms with van der Waals surface area (Å²) >= 11 is 7.28. The number of benzene rings is 1. The zero-order valence-electron chi connectivity index (χ0n) is 10.5.